The zero-order valence-electron chi connectivity index (χ0n) is 8.34. The topological polar surface area (TPSA) is 76.7 Å². The summed E-state index contributed by atoms with van der Waals surface area (Å²) in [7, 11) is 0. The third-order valence-electron chi connectivity index (χ3n) is 1.79. The average molecular weight is 205 g/mol. The number of hydrogen-bond acceptors (Lipinski definition) is 6. The summed E-state index contributed by atoms with van der Waals surface area (Å²) in [5, 5.41) is 6.91. The predicted octanol–water partition coefficient (Wildman–Crippen LogP) is 0.636. The van der Waals surface area contributed by atoms with Crippen molar-refractivity contribution in [3.8, 4) is 11.5 Å². The van der Waals surface area contributed by atoms with Gasteiger partial charge in [0.05, 0.1) is 12.7 Å². The lowest BCUT2D eigenvalue weighted by Gasteiger charge is -1.92. The van der Waals surface area contributed by atoms with Crippen LogP contribution in [-0.4, -0.2) is 26.7 Å². The maximum absolute atomic E-state index is 5.03. The highest BCUT2D eigenvalue weighted by molar-refractivity contribution is 5.45. The molecule has 2 rings (SSSR count). The molecule has 0 unspecified atom stereocenters. The van der Waals surface area contributed by atoms with E-state index in [4.69, 9.17) is 4.52 Å². The molecule has 78 valence electrons. The van der Waals surface area contributed by atoms with E-state index in [2.05, 4.69) is 25.4 Å². The van der Waals surface area contributed by atoms with Crippen molar-refractivity contribution in [2.75, 3.05) is 6.54 Å². The summed E-state index contributed by atoms with van der Waals surface area (Å²) in [6.45, 7) is 3.45. The maximum Gasteiger partial charge on any atom is 0.240 e. The van der Waals surface area contributed by atoms with Gasteiger partial charge in [0.25, 0.3) is 0 Å². The number of hydrogen-bond donors (Lipinski definition) is 1. The summed E-state index contributed by atoms with van der Waals surface area (Å²) in [6.07, 6.45) is 4.79. The Bertz CT molecular complexity index is 413. The van der Waals surface area contributed by atoms with E-state index in [0.717, 1.165) is 6.54 Å². The Morgan fingerprint density at radius 3 is 3.07 bits per heavy atom. The van der Waals surface area contributed by atoms with Crippen molar-refractivity contribution in [1.82, 2.24) is 25.4 Å². The van der Waals surface area contributed by atoms with Crippen LogP contribution in [0.4, 0.5) is 0 Å². The minimum atomic E-state index is 0.469. The van der Waals surface area contributed by atoms with Crippen LogP contribution < -0.4 is 5.32 Å². The number of nitrogens with one attached hydrogen (secondary N) is 1. The SMILES string of the molecule is CCNCc1nc(-c2cnccn2)no1. The number of rotatable bonds is 4. The van der Waals surface area contributed by atoms with E-state index >= 15 is 0 Å². The fourth-order valence-electron chi connectivity index (χ4n) is 1.08. The second-order valence-electron chi connectivity index (χ2n) is 2.88. The molecule has 0 bridgehead atoms. The highest BCUT2D eigenvalue weighted by Gasteiger charge is 2.08. The fourth-order valence-corrected chi connectivity index (χ4v) is 1.08. The lowest BCUT2D eigenvalue weighted by atomic mass is 10.4. The molecule has 1 N–H and O–H groups in total. The van der Waals surface area contributed by atoms with E-state index in [1.807, 2.05) is 6.92 Å². The van der Waals surface area contributed by atoms with Crippen molar-refractivity contribution in [1.29, 1.82) is 0 Å². The third-order valence-corrected chi connectivity index (χ3v) is 1.79. The standard InChI is InChI=1S/C9H11N5O/c1-2-10-6-8-13-9(14-15-8)7-5-11-3-4-12-7/h3-5,10H,2,6H2,1H3. The molecule has 0 aliphatic carbocycles. The molecular weight excluding hydrogens is 194 g/mol. The maximum atomic E-state index is 5.03. The first kappa shape index (κ1) is 9.72. The molecule has 0 aliphatic heterocycles. The monoisotopic (exact) mass is 205 g/mol. The molecule has 0 atom stereocenters. The van der Waals surface area contributed by atoms with Crippen molar-refractivity contribution >= 4 is 0 Å². The van der Waals surface area contributed by atoms with Gasteiger partial charge in [0.1, 0.15) is 5.69 Å². The van der Waals surface area contributed by atoms with E-state index in [1.165, 1.54) is 0 Å². The quantitative estimate of drug-likeness (QED) is 0.789. The summed E-state index contributed by atoms with van der Waals surface area (Å²) in [5.41, 5.74) is 0.615. The molecule has 0 radical (unpaired) electrons. The van der Waals surface area contributed by atoms with Crippen molar-refractivity contribution in [2.45, 2.75) is 13.5 Å². The van der Waals surface area contributed by atoms with Crippen molar-refractivity contribution in [3.63, 3.8) is 0 Å². The highest BCUT2D eigenvalue weighted by atomic mass is 16.5. The van der Waals surface area contributed by atoms with Crippen LogP contribution in [0.5, 0.6) is 0 Å². The molecular formula is C9H11N5O. The van der Waals surface area contributed by atoms with Crippen molar-refractivity contribution in [3.05, 3.63) is 24.5 Å². The van der Waals surface area contributed by atoms with Gasteiger partial charge in [0.2, 0.25) is 11.7 Å². The molecule has 6 nitrogen and oxygen atoms in total. The minimum Gasteiger partial charge on any atom is -0.337 e. The first-order valence-electron chi connectivity index (χ1n) is 4.70. The molecule has 2 aromatic heterocycles. The average Bonchev–Trinajstić information content (AvgIpc) is 2.76. The van der Waals surface area contributed by atoms with Crippen molar-refractivity contribution in [2.24, 2.45) is 0 Å². The van der Waals surface area contributed by atoms with Crippen LogP contribution in [-0.2, 0) is 6.54 Å². The highest BCUT2D eigenvalue weighted by Crippen LogP contribution is 2.10. The first-order valence-corrected chi connectivity index (χ1v) is 4.70. The van der Waals surface area contributed by atoms with E-state index in [0.29, 0.717) is 24.0 Å². The van der Waals surface area contributed by atoms with Gasteiger partial charge >= 0.3 is 0 Å². The molecule has 0 saturated carbocycles. The van der Waals surface area contributed by atoms with Gasteiger partial charge < -0.3 is 9.84 Å². The molecule has 0 aliphatic rings. The van der Waals surface area contributed by atoms with Gasteiger partial charge in [-0.25, -0.2) is 4.98 Å². The Labute approximate surface area is 86.8 Å². The van der Waals surface area contributed by atoms with Crippen LogP contribution in [0, 0.1) is 0 Å². The summed E-state index contributed by atoms with van der Waals surface area (Å²) in [5.74, 6) is 1.02. The van der Waals surface area contributed by atoms with Crippen LogP contribution in [0.3, 0.4) is 0 Å². The molecule has 2 aromatic rings. The minimum absolute atomic E-state index is 0.469. The molecule has 6 heteroatoms. The van der Waals surface area contributed by atoms with E-state index in [9.17, 15) is 0 Å². The second kappa shape index (κ2) is 4.61. The second-order valence-corrected chi connectivity index (χ2v) is 2.88. The van der Waals surface area contributed by atoms with Crippen LogP contribution in [0.1, 0.15) is 12.8 Å². The molecule has 0 saturated heterocycles. The molecule has 0 aromatic carbocycles. The van der Waals surface area contributed by atoms with E-state index < -0.39 is 0 Å². The van der Waals surface area contributed by atoms with Gasteiger partial charge in [-0.3, -0.25) is 4.98 Å². The Morgan fingerprint density at radius 1 is 1.40 bits per heavy atom. The summed E-state index contributed by atoms with van der Waals surface area (Å²) >= 11 is 0. The Hall–Kier alpha value is -1.82. The van der Waals surface area contributed by atoms with Gasteiger partial charge in [-0.05, 0) is 6.54 Å². The van der Waals surface area contributed by atoms with Gasteiger partial charge in [-0.15, -0.1) is 0 Å². The van der Waals surface area contributed by atoms with Crippen molar-refractivity contribution < 1.29 is 4.52 Å². The zero-order chi connectivity index (χ0) is 10.5. The lowest BCUT2D eigenvalue weighted by Crippen LogP contribution is -2.11. The van der Waals surface area contributed by atoms with Crippen LogP contribution in [0.2, 0.25) is 0 Å². The smallest absolute Gasteiger partial charge is 0.240 e. The van der Waals surface area contributed by atoms with Crippen LogP contribution in [0.15, 0.2) is 23.1 Å². The normalized spacial score (nSPS) is 10.5. The Morgan fingerprint density at radius 2 is 2.33 bits per heavy atom. The fraction of sp³-hybridized carbons (Fsp3) is 0.333. The molecule has 0 fully saturated rings. The third kappa shape index (κ3) is 2.35. The molecule has 2 heterocycles. The summed E-state index contributed by atoms with van der Waals surface area (Å²) < 4.78 is 5.03. The molecule has 0 spiro atoms. The molecule has 15 heavy (non-hydrogen) atoms. The number of aromatic nitrogens is 4. The Balaban J connectivity index is 2.14. The van der Waals surface area contributed by atoms with Gasteiger partial charge in [0, 0.05) is 12.4 Å². The predicted molar refractivity (Wildman–Crippen MR) is 52.7 cm³/mol. The van der Waals surface area contributed by atoms with Gasteiger partial charge in [-0.1, -0.05) is 12.1 Å². The number of nitrogens with zero attached hydrogens (tertiary/aromatic N) is 4. The lowest BCUT2D eigenvalue weighted by molar-refractivity contribution is 0.369. The largest absolute Gasteiger partial charge is 0.337 e. The van der Waals surface area contributed by atoms with E-state index in [-0.39, 0.29) is 0 Å². The van der Waals surface area contributed by atoms with Gasteiger partial charge in [0.15, 0.2) is 0 Å². The van der Waals surface area contributed by atoms with Gasteiger partial charge in [-0.2, -0.15) is 4.98 Å². The van der Waals surface area contributed by atoms with E-state index in [1.54, 1.807) is 18.6 Å². The molecule has 0 amide bonds. The van der Waals surface area contributed by atoms with Crippen LogP contribution >= 0.6 is 0 Å². The first-order chi connectivity index (χ1) is 7.40. The Kier molecular flexibility index (Phi) is 2.99. The zero-order valence-corrected chi connectivity index (χ0v) is 8.34. The van der Waals surface area contributed by atoms with Crippen LogP contribution in [0.25, 0.3) is 11.5 Å². The summed E-state index contributed by atoms with van der Waals surface area (Å²) in [6, 6.07) is 0. The summed E-state index contributed by atoms with van der Waals surface area (Å²) in [4.78, 5) is 12.2.